The molecule has 0 amide bonds. The van der Waals surface area contributed by atoms with E-state index >= 15 is 0 Å². The number of hydrogen-bond acceptors (Lipinski definition) is 4. The Bertz CT molecular complexity index is 238. The average Bonchev–Trinajstić information content (AvgIpc) is 2.36. The number of aliphatic hydroxyl groups is 1. The van der Waals surface area contributed by atoms with E-state index < -0.39 is 11.5 Å². The minimum Gasteiger partial charge on any atom is -0.480 e. The zero-order chi connectivity index (χ0) is 14.0. The van der Waals surface area contributed by atoms with Crippen molar-refractivity contribution in [3.63, 3.8) is 0 Å². The van der Waals surface area contributed by atoms with E-state index in [0.717, 1.165) is 17.9 Å². The van der Waals surface area contributed by atoms with Crippen molar-refractivity contribution in [1.82, 2.24) is 5.32 Å². The molecule has 0 aliphatic heterocycles. The number of carboxylic acids is 1. The molecule has 0 radical (unpaired) electrons. The predicted molar refractivity (Wildman–Crippen MR) is 77.1 cm³/mol. The fraction of sp³-hybridized carbons (Fsp3) is 0.923. The van der Waals surface area contributed by atoms with E-state index in [1.54, 1.807) is 11.8 Å². The minimum absolute atomic E-state index is 0.221. The first-order valence-electron chi connectivity index (χ1n) is 6.69. The minimum atomic E-state index is -0.766. The molecule has 0 aliphatic carbocycles. The van der Waals surface area contributed by atoms with Gasteiger partial charge in [-0.05, 0) is 43.2 Å². The van der Waals surface area contributed by atoms with Crippen molar-refractivity contribution in [3.05, 3.63) is 0 Å². The van der Waals surface area contributed by atoms with Gasteiger partial charge in [0.2, 0.25) is 0 Å². The fourth-order valence-electron chi connectivity index (χ4n) is 1.88. The highest BCUT2D eigenvalue weighted by atomic mass is 32.2. The number of thioether (sulfide) groups is 1. The van der Waals surface area contributed by atoms with Gasteiger partial charge in [0.25, 0.3) is 0 Å². The lowest BCUT2D eigenvalue weighted by Gasteiger charge is -2.29. The van der Waals surface area contributed by atoms with Crippen LogP contribution >= 0.6 is 11.8 Å². The molecule has 0 fully saturated rings. The van der Waals surface area contributed by atoms with Crippen LogP contribution in [0.3, 0.4) is 0 Å². The second-order valence-electron chi connectivity index (χ2n) is 4.74. The monoisotopic (exact) mass is 277 g/mol. The van der Waals surface area contributed by atoms with E-state index in [9.17, 15) is 9.90 Å². The number of rotatable bonds is 11. The van der Waals surface area contributed by atoms with Crippen LogP contribution in [0, 0.1) is 5.92 Å². The third-order valence-corrected chi connectivity index (χ3v) is 4.52. The van der Waals surface area contributed by atoms with E-state index in [1.807, 2.05) is 20.8 Å². The van der Waals surface area contributed by atoms with Gasteiger partial charge in [-0.25, -0.2) is 0 Å². The maximum atomic E-state index is 11.4. The first kappa shape index (κ1) is 17.7. The first-order chi connectivity index (χ1) is 8.52. The number of likely N-dealkylation sites (N-methyl/N-ethyl adjacent to an activating group) is 1. The Morgan fingerprint density at radius 3 is 2.56 bits per heavy atom. The summed E-state index contributed by atoms with van der Waals surface area (Å²) in [7, 11) is 0. The Morgan fingerprint density at radius 1 is 1.44 bits per heavy atom. The summed E-state index contributed by atoms with van der Waals surface area (Å²) in [5, 5.41) is 21.3. The van der Waals surface area contributed by atoms with Crippen molar-refractivity contribution >= 4 is 17.7 Å². The molecule has 0 aromatic heterocycles. The van der Waals surface area contributed by atoms with Crippen LogP contribution in [-0.2, 0) is 4.79 Å². The number of carboxylic acid groups (broad SMARTS) is 1. The maximum Gasteiger partial charge on any atom is 0.323 e. The molecule has 0 heterocycles. The van der Waals surface area contributed by atoms with Crippen LogP contribution in [0.25, 0.3) is 0 Å². The number of hydrogen-bond donors (Lipinski definition) is 3. The van der Waals surface area contributed by atoms with Crippen LogP contribution in [0.2, 0.25) is 0 Å². The summed E-state index contributed by atoms with van der Waals surface area (Å²) in [4.78, 5) is 11.4. The summed E-state index contributed by atoms with van der Waals surface area (Å²) in [5.74, 6) is 1.45. The van der Waals surface area contributed by atoms with Crippen LogP contribution in [0.5, 0.6) is 0 Å². The largest absolute Gasteiger partial charge is 0.480 e. The lowest BCUT2D eigenvalue weighted by Crippen LogP contribution is -2.51. The fourth-order valence-corrected chi connectivity index (χ4v) is 2.90. The Kier molecular flexibility index (Phi) is 9.50. The normalized spacial score (nSPS) is 16.2. The van der Waals surface area contributed by atoms with E-state index in [0.29, 0.717) is 25.3 Å². The smallest absolute Gasteiger partial charge is 0.323 e. The van der Waals surface area contributed by atoms with E-state index in [-0.39, 0.29) is 6.61 Å². The van der Waals surface area contributed by atoms with Gasteiger partial charge in [-0.15, -0.1) is 0 Å². The van der Waals surface area contributed by atoms with Gasteiger partial charge >= 0.3 is 5.97 Å². The molecule has 0 rings (SSSR count). The number of aliphatic hydroxyl groups excluding tert-OH is 1. The Labute approximate surface area is 115 Å². The van der Waals surface area contributed by atoms with Gasteiger partial charge in [0.05, 0.1) is 0 Å². The van der Waals surface area contributed by atoms with Gasteiger partial charge < -0.3 is 15.5 Å². The van der Waals surface area contributed by atoms with Gasteiger partial charge in [0, 0.05) is 6.61 Å². The van der Waals surface area contributed by atoms with Crippen LogP contribution in [0.1, 0.15) is 40.0 Å². The molecule has 2 unspecified atom stereocenters. The maximum absolute atomic E-state index is 11.4. The van der Waals surface area contributed by atoms with Crippen molar-refractivity contribution in [3.8, 4) is 0 Å². The zero-order valence-corrected chi connectivity index (χ0v) is 12.6. The van der Waals surface area contributed by atoms with Crippen molar-refractivity contribution < 1.29 is 15.0 Å². The van der Waals surface area contributed by atoms with Crippen molar-refractivity contribution in [2.24, 2.45) is 5.92 Å². The van der Waals surface area contributed by atoms with E-state index in [2.05, 4.69) is 5.32 Å². The topological polar surface area (TPSA) is 69.6 Å². The lowest BCUT2D eigenvalue weighted by atomic mass is 9.91. The van der Waals surface area contributed by atoms with Gasteiger partial charge in [0.15, 0.2) is 0 Å². The molecular formula is C13H27NO3S. The molecule has 0 aromatic carbocycles. The zero-order valence-electron chi connectivity index (χ0n) is 11.7. The van der Waals surface area contributed by atoms with Crippen molar-refractivity contribution in [2.75, 3.05) is 24.7 Å². The average molecular weight is 277 g/mol. The van der Waals surface area contributed by atoms with Crippen LogP contribution in [0.4, 0.5) is 0 Å². The molecule has 0 aliphatic rings. The molecule has 2 atom stereocenters. The first-order valence-corrected chi connectivity index (χ1v) is 7.84. The summed E-state index contributed by atoms with van der Waals surface area (Å²) >= 11 is 1.79. The number of aliphatic carboxylic acids is 1. The van der Waals surface area contributed by atoms with Crippen molar-refractivity contribution in [2.45, 2.75) is 45.6 Å². The molecule has 18 heavy (non-hydrogen) atoms. The van der Waals surface area contributed by atoms with Crippen LogP contribution < -0.4 is 5.32 Å². The molecule has 3 N–H and O–H groups in total. The summed E-state index contributed by atoms with van der Waals surface area (Å²) in [5.41, 5.74) is -0.766. The van der Waals surface area contributed by atoms with Crippen molar-refractivity contribution in [1.29, 1.82) is 0 Å². The third kappa shape index (κ3) is 6.07. The molecule has 0 saturated heterocycles. The van der Waals surface area contributed by atoms with Gasteiger partial charge in [0.1, 0.15) is 5.54 Å². The van der Waals surface area contributed by atoms with Crippen LogP contribution in [-0.4, -0.2) is 46.4 Å². The Balaban J connectivity index is 4.01. The Morgan fingerprint density at radius 2 is 2.11 bits per heavy atom. The number of carbonyl (C=O) groups is 1. The summed E-state index contributed by atoms with van der Waals surface area (Å²) < 4.78 is 0. The van der Waals surface area contributed by atoms with Gasteiger partial charge in [-0.1, -0.05) is 20.8 Å². The van der Waals surface area contributed by atoms with Gasteiger partial charge in [-0.3, -0.25) is 4.79 Å². The SMILES string of the molecule is CCNC(CC)(CCCSCC(C)CO)C(=O)O. The molecule has 0 saturated carbocycles. The Hall–Kier alpha value is -0.260. The molecule has 108 valence electrons. The molecule has 4 nitrogen and oxygen atoms in total. The van der Waals surface area contributed by atoms with Crippen LogP contribution in [0.15, 0.2) is 0 Å². The summed E-state index contributed by atoms with van der Waals surface area (Å²) in [6.07, 6.45) is 2.15. The molecule has 5 heteroatoms. The molecule has 0 spiro atoms. The second kappa shape index (κ2) is 9.64. The van der Waals surface area contributed by atoms with Gasteiger partial charge in [-0.2, -0.15) is 11.8 Å². The quantitative estimate of drug-likeness (QED) is 0.504. The highest BCUT2D eigenvalue weighted by Gasteiger charge is 2.34. The summed E-state index contributed by atoms with van der Waals surface area (Å²) in [6.45, 7) is 6.76. The number of nitrogens with one attached hydrogen (secondary N) is 1. The highest BCUT2D eigenvalue weighted by Crippen LogP contribution is 2.20. The molecule has 0 aromatic rings. The molecular weight excluding hydrogens is 250 g/mol. The molecule has 0 bridgehead atoms. The lowest BCUT2D eigenvalue weighted by molar-refractivity contribution is -0.145. The van der Waals surface area contributed by atoms with E-state index in [1.165, 1.54) is 0 Å². The standard InChI is InChI=1S/C13H27NO3S/c1-4-13(12(16)17,14-5-2)7-6-8-18-10-11(3)9-15/h11,14-15H,4-10H2,1-3H3,(H,16,17). The second-order valence-corrected chi connectivity index (χ2v) is 5.89. The summed E-state index contributed by atoms with van der Waals surface area (Å²) in [6, 6.07) is 0. The highest BCUT2D eigenvalue weighted by molar-refractivity contribution is 7.99. The third-order valence-electron chi connectivity index (χ3n) is 3.13. The predicted octanol–water partition coefficient (Wildman–Crippen LogP) is 1.97. The van der Waals surface area contributed by atoms with E-state index in [4.69, 9.17) is 5.11 Å².